The van der Waals surface area contributed by atoms with Crippen LogP contribution < -0.4 is 5.32 Å². The zero-order valence-corrected chi connectivity index (χ0v) is 12.7. The van der Waals surface area contributed by atoms with Crippen molar-refractivity contribution in [2.24, 2.45) is 0 Å². The summed E-state index contributed by atoms with van der Waals surface area (Å²) >= 11 is 0. The molecule has 0 fully saturated rings. The minimum absolute atomic E-state index is 0. The first kappa shape index (κ1) is 15.8. The van der Waals surface area contributed by atoms with Crippen LogP contribution in [0.2, 0.25) is 0 Å². The van der Waals surface area contributed by atoms with Gasteiger partial charge in [-0.2, -0.15) is 0 Å². The van der Waals surface area contributed by atoms with E-state index in [0.29, 0.717) is 5.56 Å². The first-order valence-electron chi connectivity index (χ1n) is 6.85. The standard InChI is InChI=1S/C19H15NO.ClH/c21-19(20-16-11-5-2-6-12-16)18-14-8-7-13-17(18)15-9-3-1-4-10-15;/h1-14H,(H,20,21);1H. The molecule has 0 spiro atoms. The molecule has 0 aliphatic carbocycles. The average molecular weight is 310 g/mol. The van der Waals surface area contributed by atoms with Crippen LogP contribution in [-0.2, 0) is 0 Å². The van der Waals surface area contributed by atoms with Crippen molar-refractivity contribution < 1.29 is 4.79 Å². The van der Waals surface area contributed by atoms with E-state index in [1.165, 1.54) is 0 Å². The quantitative estimate of drug-likeness (QED) is 0.722. The largest absolute Gasteiger partial charge is 0.322 e. The molecule has 3 rings (SSSR count). The third kappa shape index (κ3) is 3.54. The number of halogens is 1. The SMILES string of the molecule is Cl.O=C(Nc1ccccc1)c1ccccc1-c1ccccc1. The Morgan fingerprint density at radius 3 is 1.91 bits per heavy atom. The van der Waals surface area contributed by atoms with Gasteiger partial charge in [-0.25, -0.2) is 0 Å². The molecule has 22 heavy (non-hydrogen) atoms. The Kier molecular flexibility index (Phi) is 5.34. The fourth-order valence-corrected chi connectivity index (χ4v) is 2.27. The lowest BCUT2D eigenvalue weighted by atomic mass is 9.99. The summed E-state index contributed by atoms with van der Waals surface area (Å²) in [6.07, 6.45) is 0. The second-order valence-corrected chi connectivity index (χ2v) is 4.73. The number of hydrogen-bond donors (Lipinski definition) is 1. The summed E-state index contributed by atoms with van der Waals surface area (Å²) in [6.45, 7) is 0. The monoisotopic (exact) mass is 309 g/mol. The van der Waals surface area contributed by atoms with Gasteiger partial charge in [0.05, 0.1) is 0 Å². The fraction of sp³-hybridized carbons (Fsp3) is 0. The number of para-hydroxylation sites is 1. The number of anilines is 1. The molecule has 0 saturated carbocycles. The van der Waals surface area contributed by atoms with E-state index in [1.807, 2.05) is 84.9 Å². The van der Waals surface area contributed by atoms with E-state index >= 15 is 0 Å². The van der Waals surface area contributed by atoms with Crippen molar-refractivity contribution in [3.8, 4) is 11.1 Å². The molecule has 0 unspecified atom stereocenters. The third-order valence-corrected chi connectivity index (χ3v) is 3.29. The van der Waals surface area contributed by atoms with E-state index in [2.05, 4.69) is 5.32 Å². The average Bonchev–Trinajstić information content (AvgIpc) is 2.56. The number of amides is 1. The second kappa shape index (κ2) is 7.43. The summed E-state index contributed by atoms with van der Waals surface area (Å²) in [4.78, 5) is 12.5. The number of rotatable bonds is 3. The molecule has 3 heteroatoms. The van der Waals surface area contributed by atoms with E-state index < -0.39 is 0 Å². The molecular weight excluding hydrogens is 294 g/mol. The fourth-order valence-electron chi connectivity index (χ4n) is 2.27. The van der Waals surface area contributed by atoms with Gasteiger partial charge in [-0.05, 0) is 29.3 Å². The first-order chi connectivity index (χ1) is 10.3. The molecule has 0 bridgehead atoms. The Balaban J connectivity index is 0.00000176. The van der Waals surface area contributed by atoms with Gasteiger partial charge in [-0.15, -0.1) is 12.4 Å². The number of carbonyl (C=O) groups is 1. The van der Waals surface area contributed by atoms with Crippen molar-refractivity contribution in [3.05, 3.63) is 90.5 Å². The zero-order valence-electron chi connectivity index (χ0n) is 11.9. The van der Waals surface area contributed by atoms with Crippen LogP contribution in [0.25, 0.3) is 11.1 Å². The lowest BCUT2D eigenvalue weighted by Crippen LogP contribution is -2.12. The minimum atomic E-state index is -0.0966. The predicted molar refractivity (Wildman–Crippen MR) is 93.5 cm³/mol. The maximum absolute atomic E-state index is 12.5. The van der Waals surface area contributed by atoms with Gasteiger partial charge in [0.25, 0.3) is 5.91 Å². The second-order valence-electron chi connectivity index (χ2n) is 4.73. The van der Waals surface area contributed by atoms with E-state index in [1.54, 1.807) is 0 Å². The summed E-state index contributed by atoms with van der Waals surface area (Å²) in [5.74, 6) is -0.0966. The van der Waals surface area contributed by atoms with Gasteiger partial charge in [0.2, 0.25) is 0 Å². The Labute approximate surface area is 136 Å². The predicted octanol–water partition coefficient (Wildman–Crippen LogP) is 5.03. The summed E-state index contributed by atoms with van der Waals surface area (Å²) < 4.78 is 0. The molecule has 2 nitrogen and oxygen atoms in total. The van der Waals surface area contributed by atoms with Crippen molar-refractivity contribution in [3.63, 3.8) is 0 Å². The lowest BCUT2D eigenvalue weighted by molar-refractivity contribution is 0.102. The highest BCUT2D eigenvalue weighted by Crippen LogP contribution is 2.24. The Bertz CT molecular complexity index is 742. The Morgan fingerprint density at radius 2 is 1.23 bits per heavy atom. The van der Waals surface area contributed by atoms with Crippen LogP contribution in [0.1, 0.15) is 10.4 Å². The van der Waals surface area contributed by atoms with Crippen LogP contribution in [-0.4, -0.2) is 5.91 Å². The molecular formula is C19H16ClNO. The van der Waals surface area contributed by atoms with Crippen LogP contribution in [0, 0.1) is 0 Å². The van der Waals surface area contributed by atoms with Crippen molar-refractivity contribution in [2.45, 2.75) is 0 Å². The van der Waals surface area contributed by atoms with Crippen molar-refractivity contribution in [1.82, 2.24) is 0 Å². The minimum Gasteiger partial charge on any atom is -0.322 e. The van der Waals surface area contributed by atoms with Gasteiger partial charge < -0.3 is 5.32 Å². The molecule has 0 aliphatic heterocycles. The van der Waals surface area contributed by atoms with E-state index in [0.717, 1.165) is 16.8 Å². The van der Waals surface area contributed by atoms with Crippen molar-refractivity contribution in [2.75, 3.05) is 5.32 Å². The molecule has 0 saturated heterocycles. The topological polar surface area (TPSA) is 29.1 Å². The van der Waals surface area contributed by atoms with E-state index in [-0.39, 0.29) is 18.3 Å². The highest BCUT2D eigenvalue weighted by Gasteiger charge is 2.12. The van der Waals surface area contributed by atoms with E-state index in [4.69, 9.17) is 0 Å². The number of nitrogens with one attached hydrogen (secondary N) is 1. The molecule has 0 aliphatic rings. The molecule has 0 atom stereocenters. The Hall–Kier alpha value is -2.58. The zero-order chi connectivity index (χ0) is 14.5. The summed E-state index contributed by atoms with van der Waals surface area (Å²) in [6, 6.07) is 27.1. The summed E-state index contributed by atoms with van der Waals surface area (Å²) in [5.41, 5.74) is 3.45. The Morgan fingerprint density at radius 1 is 0.682 bits per heavy atom. The van der Waals surface area contributed by atoms with Crippen molar-refractivity contribution >= 4 is 24.0 Å². The molecule has 0 heterocycles. The number of benzene rings is 3. The smallest absolute Gasteiger partial charge is 0.256 e. The van der Waals surface area contributed by atoms with E-state index in [9.17, 15) is 4.79 Å². The molecule has 3 aromatic rings. The lowest BCUT2D eigenvalue weighted by Gasteiger charge is -2.10. The molecule has 110 valence electrons. The molecule has 3 aromatic carbocycles. The first-order valence-corrected chi connectivity index (χ1v) is 6.85. The van der Waals surface area contributed by atoms with Crippen LogP contribution in [0.4, 0.5) is 5.69 Å². The van der Waals surface area contributed by atoms with Crippen LogP contribution >= 0.6 is 12.4 Å². The van der Waals surface area contributed by atoms with Gasteiger partial charge in [-0.1, -0.05) is 66.7 Å². The maximum atomic E-state index is 12.5. The molecule has 1 amide bonds. The maximum Gasteiger partial charge on any atom is 0.256 e. The number of hydrogen-bond acceptors (Lipinski definition) is 1. The van der Waals surface area contributed by atoms with Gasteiger partial charge in [-0.3, -0.25) is 4.79 Å². The normalized spacial score (nSPS) is 9.64. The van der Waals surface area contributed by atoms with Crippen LogP contribution in [0.3, 0.4) is 0 Å². The highest BCUT2D eigenvalue weighted by atomic mass is 35.5. The van der Waals surface area contributed by atoms with Crippen LogP contribution in [0.5, 0.6) is 0 Å². The highest BCUT2D eigenvalue weighted by molar-refractivity contribution is 6.08. The van der Waals surface area contributed by atoms with Crippen molar-refractivity contribution in [1.29, 1.82) is 0 Å². The van der Waals surface area contributed by atoms with Gasteiger partial charge in [0, 0.05) is 11.3 Å². The summed E-state index contributed by atoms with van der Waals surface area (Å²) in [7, 11) is 0. The van der Waals surface area contributed by atoms with Gasteiger partial charge in [0.1, 0.15) is 0 Å². The summed E-state index contributed by atoms with van der Waals surface area (Å²) in [5, 5.41) is 2.93. The van der Waals surface area contributed by atoms with Crippen LogP contribution in [0.15, 0.2) is 84.9 Å². The third-order valence-electron chi connectivity index (χ3n) is 3.29. The van der Waals surface area contributed by atoms with Gasteiger partial charge >= 0.3 is 0 Å². The van der Waals surface area contributed by atoms with Gasteiger partial charge in [0.15, 0.2) is 0 Å². The molecule has 0 aromatic heterocycles. The number of carbonyl (C=O) groups excluding carboxylic acids is 1. The molecule has 0 radical (unpaired) electrons. The molecule has 1 N–H and O–H groups in total.